The molecule has 0 saturated heterocycles. The number of aromatic nitrogens is 2. The minimum absolute atomic E-state index is 0.318. The van der Waals surface area contributed by atoms with Crippen molar-refractivity contribution < 1.29 is 8.42 Å². The number of aryl methyl sites for hydroxylation is 1. The van der Waals surface area contributed by atoms with Gasteiger partial charge in [-0.25, -0.2) is 8.42 Å². The van der Waals surface area contributed by atoms with Crippen LogP contribution in [0, 0.1) is 0 Å². The average molecular weight is 319 g/mol. The first-order chi connectivity index (χ1) is 10.1. The number of hydrogen-bond donors (Lipinski definition) is 1. The first-order valence-corrected chi connectivity index (χ1v) is 8.71. The molecule has 7 heteroatoms. The molecule has 0 atom stereocenters. The largest absolute Gasteiger partial charge is 0.279 e. The number of nitrogens with one attached hydrogen (secondary N) is 1. The third kappa shape index (κ3) is 2.88. The molecule has 3 aromatic rings. The van der Waals surface area contributed by atoms with E-state index in [0.29, 0.717) is 15.4 Å². The molecule has 3 rings (SSSR count). The molecular formula is C14H13N3O2S2. The summed E-state index contributed by atoms with van der Waals surface area (Å²) in [5.74, 6) is 0. The van der Waals surface area contributed by atoms with Crippen LogP contribution in [-0.2, 0) is 16.4 Å². The van der Waals surface area contributed by atoms with E-state index in [1.807, 2.05) is 13.0 Å². The Morgan fingerprint density at radius 2 is 1.86 bits per heavy atom. The average Bonchev–Trinajstić information content (AvgIpc) is 2.96. The summed E-state index contributed by atoms with van der Waals surface area (Å²) in [6.07, 6.45) is 4.00. The van der Waals surface area contributed by atoms with Crippen molar-refractivity contribution in [1.29, 1.82) is 0 Å². The van der Waals surface area contributed by atoms with E-state index in [1.165, 1.54) is 11.3 Å². The summed E-state index contributed by atoms with van der Waals surface area (Å²) in [5, 5.41) is 0. The van der Waals surface area contributed by atoms with Crippen molar-refractivity contribution in [3.05, 3.63) is 47.6 Å². The SMILES string of the molecule is CCc1ccc(S(=O)(=O)Nc2ccc3nccnc3c2)s1. The zero-order chi connectivity index (χ0) is 14.9. The van der Waals surface area contributed by atoms with E-state index in [-0.39, 0.29) is 0 Å². The van der Waals surface area contributed by atoms with Gasteiger partial charge in [0.1, 0.15) is 4.21 Å². The Bertz CT molecular complexity index is 888. The zero-order valence-corrected chi connectivity index (χ0v) is 12.9. The van der Waals surface area contributed by atoms with Gasteiger partial charge in [-0.05, 0) is 36.8 Å². The highest BCUT2D eigenvalue weighted by Crippen LogP contribution is 2.25. The van der Waals surface area contributed by atoms with Gasteiger partial charge in [-0.1, -0.05) is 6.92 Å². The summed E-state index contributed by atoms with van der Waals surface area (Å²) in [7, 11) is -3.55. The van der Waals surface area contributed by atoms with Crippen LogP contribution in [0.15, 0.2) is 46.9 Å². The van der Waals surface area contributed by atoms with Gasteiger partial charge in [0.15, 0.2) is 0 Å². The summed E-state index contributed by atoms with van der Waals surface area (Å²) in [4.78, 5) is 9.36. The number of anilines is 1. The fraction of sp³-hybridized carbons (Fsp3) is 0.143. The van der Waals surface area contributed by atoms with Crippen molar-refractivity contribution >= 4 is 38.1 Å². The number of hydrogen-bond acceptors (Lipinski definition) is 5. The first kappa shape index (κ1) is 14.0. The first-order valence-electron chi connectivity index (χ1n) is 6.41. The van der Waals surface area contributed by atoms with Gasteiger partial charge in [0.05, 0.1) is 16.7 Å². The lowest BCUT2D eigenvalue weighted by Gasteiger charge is -2.06. The maximum atomic E-state index is 12.3. The molecule has 2 aromatic heterocycles. The minimum atomic E-state index is -3.55. The number of sulfonamides is 1. The lowest BCUT2D eigenvalue weighted by atomic mass is 10.3. The quantitative estimate of drug-likeness (QED) is 0.802. The smallest absolute Gasteiger partial charge is 0.271 e. The van der Waals surface area contributed by atoms with E-state index in [4.69, 9.17) is 0 Å². The molecule has 0 radical (unpaired) electrons. The second kappa shape index (κ2) is 5.42. The second-order valence-corrected chi connectivity index (χ2v) is 7.52. The second-order valence-electron chi connectivity index (χ2n) is 4.44. The van der Waals surface area contributed by atoms with Crippen molar-refractivity contribution in [1.82, 2.24) is 9.97 Å². The Labute approximate surface area is 126 Å². The lowest BCUT2D eigenvalue weighted by Crippen LogP contribution is -2.11. The molecule has 21 heavy (non-hydrogen) atoms. The summed E-state index contributed by atoms with van der Waals surface area (Å²) in [5.41, 5.74) is 1.86. The normalized spacial score (nSPS) is 11.7. The van der Waals surface area contributed by atoms with Crippen LogP contribution in [0.4, 0.5) is 5.69 Å². The Hall–Kier alpha value is -1.99. The molecule has 0 unspecified atom stereocenters. The van der Waals surface area contributed by atoms with E-state index in [2.05, 4.69) is 14.7 Å². The predicted octanol–water partition coefficient (Wildman–Crippen LogP) is 3.05. The fourth-order valence-corrected chi connectivity index (χ4v) is 4.27. The Morgan fingerprint density at radius 1 is 1.10 bits per heavy atom. The van der Waals surface area contributed by atoms with Crippen LogP contribution in [0.1, 0.15) is 11.8 Å². The number of fused-ring (bicyclic) bond motifs is 1. The van der Waals surface area contributed by atoms with Crippen molar-refractivity contribution in [2.24, 2.45) is 0 Å². The molecule has 0 aliphatic carbocycles. The van der Waals surface area contributed by atoms with E-state index < -0.39 is 10.0 Å². The van der Waals surface area contributed by atoms with Gasteiger partial charge in [-0.15, -0.1) is 11.3 Å². The van der Waals surface area contributed by atoms with Crippen LogP contribution < -0.4 is 4.72 Å². The lowest BCUT2D eigenvalue weighted by molar-refractivity contribution is 0.603. The van der Waals surface area contributed by atoms with Crippen molar-refractivity contribution in [2.75, 3.05) is 4.72 Å². The Morgan fingerprint density at radius 3 is 2.57 bits per heavy atom. The molecular weight excluding hydrogens is 306 g/mol. The van der Waals surface area contributed by atoms with E-state index >= 15 is 0 Å². The Balaban J connectivity index is 1.93. The van der Waals surface area contributed by atoms with Crippen molar-refractivity contribution in [3.8, 4) is 0 Å². The van der Waals surface area contributed by atoms with Crippen LogP contribution in [0.3, 0.4) is 0 Å². The molecule has 1 N–H and O–H groups in total. The van der Waals surface area contributed by atoms with Gasteiger partial charge < -0.3 is 0 Å². The maximum Gasteiger partial charge on any atom is 0.271 e. The molecule has 108 valence electrons. The van der Waals surface area contributed by atoms with Gasteiger partial charge in [0.25, 0.3) is 10.0 Å². The van der Waals surface area contributed by atoms with Gasteiger partial charge in [-0.2, -0.15) is 0 Å². The molecule has 0 aliphatic rings. The number of benzene rings is 1. The molecule has 0 amide bonds. The van der Waals surface area contributed by atoms with Crippen LogP contribution >= 0.6 is 11.3 Å². The summed E-state index contributed by atoms with van der Waals surface area (Å²) in [6, 6.07) is 8.57. The molecule has 0 aliphatic heterocycles. The molecule has 1 aromatic carbocycles. The van der Waals surface area contributed by atoms with Gasteiger partial charge in [0.2, 0.25) is 0 Å². The predicted molar refractivity (Wildman–Crippen MR) is 84.0 cm³/mol. The van der Waals surface area contributed by atoms with Crippen molar-refractivity contribution in [2.45, 2.75) is 17.6 Å². The topological polar surface area (TPSA) is 72.0 Å². The van der Waals surface area contributed by atoms with Crippen molar-refractivity contribution in [3.63, 3.8) is 0 Å². The number of thiophene rings is 1. The standard InChI is InChI=1S/C14H13N3O2S2/c1-2-11-4-6-14(20-11)21(18,19)17-10-3-5-12-13(9-10)16-8-7-15-12/h3-9,17H,2H2,1H3. The third-order valence-corrected chi connectivity index (χ3v) is 6.07. The summed E-state index contributed by atoms with van der Waals surface area (Å²) < 4.78 is 27.6. The van der Waals surface area contributed by atoms with Crippen LogP contribution in [0.2, 0.25) is 0 Å². The van der Waals surface area contributed by atoms with E-state index in [0.717, 1.165) is 16.8 Å². The molecule has 0 fully saturated rings. The zero-order valence-electron chi connectivity index (χ0n) is 11.3. The van der Waals surface area contributed by atoms with Crippen LogP contribution in [0.5, 0.6) is 0 Å². The van der Waals surface area contributed by atoms with Crippen LogP contribution in [-0.4, -0.2) is 18.4 Å². The van der Waals surface area contributed by atoms with Crippen LogP contribution in [0.25, 0.3) is 11.0 Å². The third-order valence-electron chi connectivity index (χ3n) is 2.97. The van der Waals surface area contributed by atoms with Gasteiger partial charge >= 0.3 is 0 Å². The molecule has 0 saturated carbocycles. The summed E-state index contributed by atoms with van der Waals surface area (Å²) >= 11 is 1.28. The van der Waals surface area contributed by atoms with Gasteiger partial charge in [0, 0.05) is 17.3 Å². The highest BCUT2D eigenvalue weighted by Gasteiger charge is 2.16. The monoisotopic (exact) mass is 319 g/mol. The molecule has 5 nitrogen and oxygen atoms in total. The highest BCUT2D eigenvalue weighted by atomic mass is 32.2. The highest BCUT2D eigenvalue weighted by molar-refractivity contribution is 7.94. The molecule has 0 bridgehead atoms. The number of rotatable bonds is 4. The summed E-state index contributed by atoms with van der Waals surface area (Å²) in [6.45, 7) is 2.00. The molecule has 0 spiro atoms. The maximum absolute atomic E-state index is 12.3. The van der Waals surface area contributed by atoms with E-state index in [9.17, 15) is 8.42 Å². The molecule has 2 heterocycles. The van der Waals surface area contributed by atoms with E-state index in [1.54, 1.807) is 36.7 Å². The van der Waals surface area contributed by atoms with Gasteiger partial charge in [-0.3, -0.25) is 14.7 Å². The number of nitrogens with zero attached hydrogens (tertiary/aromatic N) is 2. The Kier molecular flexibility index (Phi) is 3.60. The minimum Gasteiger partial charge on any atom is -0.279 e. The fourth-order valence-electron chi connectivity index (χ4n) is 1.92.